The molecule has 92 valence electrons. The molecule has 0 radical (unpaired) electrons. The standard InChI is InChI=1S/C13H12ClN3S/c14-10-6-8-12(9-7-10)17(15)13(18)16-11-4-2-1-3-5-11/h1-9H,15H2,(H,16,18). The van der Waals surface area contributed by atoms with Gasteiger partial charge in [-0.25, -0.2) is 5.84 Å². The summed E-state index contributed by atoms with van der Waals surface area (Å²) in [5.74, 6) is 5.92. The number of nitrogens with one attached hydrogen (secondary N) is 1. The Morgan fingerprint density at radius 2 is 1.67 bits per heavy atom. The fourth-order valence-electron chi connectivity index (χ4n) is 1.42. The number of nitrogens with zero attached hydrogens (tertiary/aromatic N) is 1. The van der Waals surface area contributed by atoms with Crippen LogP contribution in [0.1, 0.15) is 0 Å². The lowest BCUT2D eigenvalue weighted by Gasteiger charge is -2.20. The Morgan fingerprint density at radius 1 is 1.06 bits per heavy atom. The molecule has 0 amide bonds. The van der Waals surface area contributed by atoms with E-state index in [9.17, 15) is 0 Å². The summed E-state index contributed by atoms with van der Waals surface area (Å²) in [7, 11) is 0. The molecule has 0 heterocycles. The van der Waals surface area contributed by atoms with E-state index in [-0.39, 0.29) is 0 Å². The van der Waals surface area contributed by atoms with Gasteiger partial charge in [0.25, 0.3) is 0 Å². The molecule has 0 aliphatic carbocycles. The smallest absolute Gasteiger partial charge is 0.192 e. The molecule has 5 heteroatoms. The highest BCUT2D eigenvalue weighted by Crippen LogP contribution is 2.16. The van der Waals surface area contributed by atoms with Gasteiger partial charge in [-0.05, 0) is 48.6 Å². The maximum atomic E-state index is 5.92. The quantitative estimate of drug-likeness (QED) is 0.501. The molecule has 18 heavy (non-hydrogen) atoms. The summed E-state index contributed by atoms with van der Waals surface area (Å²) < 4.78 is 0. The van der Waals surface area contributed by atoms with E-state index in [0.29, 0.717) is 10.1 Å². The molecule has 0 saturated carbocycles. The third kappa shape index (κ3) is 3.20. The minimum Gasteiger partial charge on any atom is -0.331 e. The highest BCUT2D eigenvalue weighted by Gasteiger charge is 2.07. The van der Waals surface area contributed by atoms with Crippen LogP contribution >= 0.6 is 23.8 Å². The number of hydrogen-bond donors (Lipinski definition) is 2. The number of para-hydroxylation sites is 1. The average molecular weight is 278 g/mol. The Bertz CT molecular complexity index is 528. The van der Waals surface area contributed by atoms with Gasteiger partial charge >= 0.3 is 0 Å². The van der Waals surface area contributed by atoms with Gasteiger partial charge in [-0.1, -0.05) is 29.8 Å². The summed E-state index contributed by atoms with van der Waals surface area (Å²) in [6, 6.07) is 16.8. The van der Waals surface area contributed by atoms with E-state index in [1.807, 2.05) is 30.3 Å². The van der Waals surface area contributed by atoms with Crippen LogP contribution in [0.3, 0.4) is 0 Å². The van der Waals surface area contributed by atoms with Crippen molar-refractivity contribution >= 4 is 40.3 Å². The summed E-state index contributed by atoms with van der Waals surface area (Å²) in [6.07, 6.45) is 0. The first-order chi connectivity index (χ1) is 8.66. The minimum atomic E-state index is 0.420. The van der Waals surface area contributed by atoms with Crippen LogP contribution in [-0.2, 0) is 0 Å². The van der Waals surface area contributed by atoms with Gasteiger partial charge in [0.1, 0.15) is 0 Å². The molecule has 0 fully saturated rings. The molecule has 0 aromatic heterocycles. The SMILES string of the molecule is NN(C(=S)Nc1ccccc1)c1ccc(Cl)cc1. The van der Waals surface area contributed by atoms with E-state index in [0.717, 1.165) is 11.4 Å². The molecule has 0 aliphatic heterocycles. The topological polar surface area (TPSA) is 41.3 Å². The van der Waals surface area contributed by atoms with Crippen molar-refractivity contribution in [3.63, 3.8) is 0 Å². The van der Waals surface area contributed by atoms with Crippen LogP contribution < -0.4 is 16.2 Å². The van der Waals surface area contributed by atoms with E-state index in [2.05, 4.69) is 5.32 Å². The number of halogens is 1. The van der Waals surface area contributed by atoms with Crippen LogP contribution in [0.15, 0.2) is 54.6 Å². The number of hydrogen-bond acceptors (Lipinski definition) is 2. The third-order valence-corrected chi connectivity index (χ3v) is 2.90. The van der Waals surface area contributed by atoms with Crippen LogP contribution in [0.2, 0.25) is 5.02 Å². The maximum absolute atomic E-state index is 5.92. The molecule has 0 atom stereocenters. The van der Waals surface area contributed by atoms with Crippen molar-refractivity contribution in [3.8, 4) is 0 Å². The van der Waals surface area contributed by atoms with Gasteiger partial charge in [0.15, 0.2) is 5.11 Å². The fourth-order valence-corrected chi connectivity index (χ4v) is 1.77. The third-order valence-electron chi connectivity index (χ3n) is 2.35. The molecule has 2 aromatic rings. The molecule has 2 aromatic carbocycles. The van der Waals surface area contributed by atoms with Crippen molar-refractivity contribution in [3.05, 3.63) is 59.6 Å². The highest BCUT2D eigenvalue weighted by molar-refractivity contribution is 7.80. The number of rotatable bonds is 2. The van der Waals surface area contributed by atoms with Gasteiger partial charge in [-0.15, -0.1) is 0 Å². The van der Waals surface area contributed by atoms with Crippen LogP contribution in [0, 0.1) is 0 Å². The first kappa shape index (κ1) is 12.8. The molecule has 3 nitrogen and oxygen atoms in total. The molecular weight excluding hydrogens is 266 g/mol. The minimum absolute atomic E-state index is 0.420. The summed E-state index contributed by atoms with van der Waals surface area (Å²) >= 11 is 11.0. The molecule has 2 rings (SSSR count). The van der Waals surface area contributed by atoms with Crippen molar-refractivity contribution in [2.45, 2.75) is 0 Å². The fraction of sp³-hybridized carbons (Fsp3) is 0. The van der Waals surface area contributed by atoms with Crippen LogP contribution in [-0.4, -0.2) is 5.11 Å². The Labute approximate surface area is 116 Å². The number of hydrazine groups is 1. The first-order valence-electron chi connectivity index (χ1n) is 5.33. The van der Waals surface area contributed by atoms with Crippen molar-refractivity contribution in [1.82, 2.24) is 0 Å². The summed E-state index contributed by atoms with van der Waals surface area (Å²) in [5.41, 5.74) is 1.67. The van der Waals surface area contributed by atoms with E-state index in [1.54, 1.807) is 24.3 Å². The lowest BCUT2D eigenvalue weighted by atomic mass is 10.3. The number of benzene rings is 2. The molecule has 0 aliphatic rings. The lowest BCUT2D eigenvalue weighted by molar-refractivity contribution is 1.14. The van der Waals surface area contributed by atoms with Gasteiger partial charge in [-0.2, -0.15) is 0 Å². The number of thiocarbonyl (C=S) groups is 1. The summed E-state index contributed by atoms with van der Waals surface area (Å²) in [4.78, 5) is 0. The Kier molecular flexibility index (Phi) is 4.15. The zero-order valence-electron chi connectivity index (χ0n) is 9.51. The monoisotopic (exact) mass is 277 g/mol. The second-order valence-electron chi connectivity index (χ2n) is 3.64. The lowest BCUT2D eigenvalue weighted by Crippen LogP contribution is -2.40. The zero-order chi connectivity index (χ0) is 13.0. The highest BCUT2D eigenvalue weighted by atomic mass is 35.5. The molecular formula is C13H12ClN3S. The molecule has 0 spiro atoms. The Morgan fingerprint density at radius 3 is 2.28 bits per heavy atom. The van der Waals surface area contributed by atoms with Crippen molar-refractivity contribution < 1.29 is 0 Å². The normalized spacial score (nSPS) is 9.89. The van der Waals surface area contributed by atoms with Crippen molar-refractivity contribution in [2.75, 3.05) is 10.3 Å². The second kappa shape index (κ2) is 5.82. The van der Waals surface area contributed by atoms with Gasteiger partial charge in [0.2, 0.25) is 0 Å². The summed E-state index contributed by atoms with van der Waals surface area (Å²) in [6.45, 7) is 0. The molecule has 0 unspecified atom stereocenters. The van der Waals surface area contributed by atoms with E-state index < -0.39 is 0 Å². The van der Waals surface area contributed by atoms with Gasteiger partial charge in [-0.3, -0.25) is 5.01 Å². The van der Waals surface area contributed by atoms with Crippen LogP contribution in [0.5, 0.6) is 0 Å². The summed E-state index contributed by atoms with van der Waals surface area (Å²) in [5, 5.41) is 5.54. The van der Waals surface area contributed by atoms with Gasteiger partial charge < -0.3 is 5.32 Å². The van der Waals surface area contributed by atoms with Crippen LogP contribution in [0.4, 0.5) is 11.4 Å². The second-order valence-corrected chi connectivity index (χ2v) is 4.47. The van der Waals surface area contributed by atoms with Gasteiger partial charge in [0, 0.05) is 10.7 Å². The Hall–Kier alpha value is -1.62. The average Bonchev–Trinajstić information content (AvgIpc) is 2.40. The predicted octanol–water partition coefficient (Wildman–Crippen LogP) is 3.42. The van der Waals surface area contributed by atoms with E-state index >= 15 is 0 Å². The van der Waals surface area contributed by atoms with Crippen LogP contribution in [0.25, 0.3) is 0 Å². The first-order valence-corrected chi connectivity index (χ1v) is 6.12. The number of anilines is 2. The van der Waals surface area contributed by atoms with Gasteiger partial charge in [0.05, 0.1) is 5.69 Å². The van der Waals surface area contributed by atoms with E-state index in [1.165, 1.54) is 5.01 Å². The molecule has 3 N–H and O–H groups in total. The van der Waals surface area contributed by atoms with E-state index in [4.69, 9.17) is 29.7 Å². The maximum Gasteiger partial charge on any atom is 0.192 e. The zero-order valence-corrected chi connectivity index (χ0v) is 11.1. The molecule has 0 bridgehead atoms. The number of nitrogens with two attached hydrogens (primary N) is 1. The van der Waals surface area contributed by atoms with Crippen molar-refractivity contribution in [2.24, 2.45) is 5.84 Å². The largest absolute Gasteiger partial charge is 0.331 e. The Balaban J connectivity index is 2.07. The predicted molar refractivity (Wildman–Crippen MR) is 80.8 cm³/mol. The molecule has 0 saturated heterocycles. The van der Waals surface area contributed by atoms with Crippen molar-refractivity contribution in [1.29, 1.82) is 0 Å².